The van der Waals surface area contributed by atoms with Crippen LogP contribution in [-0.4, -0.2) is 61.8 Å². The molecular formula is C24H29N3O4S. The second-order valence-corrected chi connectivity index (χ2v) is 8.35. The molecule has 2 aromatic carbocycles. The summed E-state index contributed by atoms with van der Waals surface area (Å²) in [4.78, 5) is 22.1. The van der Waals surface area contributed by atoms with Crippen molar-refractivity contribution in [2.45, 2.75) is 20.8 Å². The lowest BCUT2D eigenvalue weighted by Gasteiger charge is -2.34. The van der Waals surface area contributed by atoms with Gasteiger partial charge in [0.05, 0.1) is 24.5 Å². The maximum atomic E-state index is 13.1. The highest BCUT2D eigenvalue weighted by Gasteiger charge is 2.25. The van der Waals surface area contributed by atoms with Gasteiger partial charge in [-0.2, -0.15) is 0 Å². The van der Waals surface area contributed by atoms with Crippen molar-refractivity contribution in [2.75, 3.05) is 50.9 Å². The lowest BCUT2D eigenvalue weighted by molar-refractivity contribution is 0.0746. The number of para-hydroxylation sites is 1. The van der Waals surface area contributed by atoms with Gasteiger partial charge >= 0.3 is 0 Å². The Labute approximate surface area is 192 Å². The number of amides is 1. The van der Waals surface area contributed by atoms with Crippen molar-refractivity contribution in [3.05, 3.63) is 42.0 Å². The van der Waals surface area contributed by atoms with Crippen molar-refractivity contribution in [3.63, 3.8) is 0 Å². The zero-order valence-corrected chi connectivity index (χ0v) is 19.6. The van der Waals surface area contributed by atoms with E-state index in [1.165, 1.54) is 0 Å². The van der Waals surface area contributed by atoms with Crippen LogP contribution in [0, 0.1) is 0 Å². The number of rotatable bonds is 8. The van der Waals surface area contributed by atoms with E-state index in [1.54, 1.807) is 17.4 Å². The lowest BCUT2D eigenvalue weighted by Crippen LogP contribution is -2.48. The number of carbonyl (C=O) groups excluding carboxylic acids is 1. The molecule has 0 atom stereocenters. The minimum absolute atomic E-state index is 0.0107. The van der Waals surface area contributed by atoms with E-state index in [2.05, 4.69) is 11.0 Å². The van der Waals surface area contributed by atoms with E-state index >= 15 is 0 Å². The minimum Gasteiger partial charge on any atom is -0.492 e. The summed E-state index contributed by atoms with van der Waals surface area (Å²) >= 11 is 1.66. The fraction of sp³-hybridized carbons (Fsp3) is 0.417. The number of ether oxygens (including phenoxy) is 3. The molecule has 1 aliphatic heterocycles. The van der Waals surface area contributed by atoms with Crippen LogP contribution in [0.15, 0.2) is 36.4 Å². The van der Waals surface area contributed by atoms with Crippen LogP contribution in [0.5, 0.6) is 17.2 Å². The number of thiazole rings is 1. The predicted octanol–water partition coefficient (Wildman–Crippen LogP) is 4.45. The number of anilines is 1. The third-order valence-electron chi connectivity index (χ3n) is 5.30. The van der Waals surface area contributed by atoms with Gasteiger partial charge in [0.25, 0.3) is 5.91 Å². The van der Waals surface area contributed by atoms with Gasteiger partial charge < -0.3 is 24.0 Å². The summed E-state index contributed by atoms with van der Waals surface area (Å²) in [5.74, 6) is 2.11. The molecule has 7 nitrogen and oxygen atoms in total. The Bertz CT molecular complexity index is 1080. The SMILES string of the molecule is CCOc1ccc(C(=O)N2CCN(c3nc4c(OCC)cccc4s3)CC2)cc1OCC. The fourth-order valence-corrected chi connectivity index (χ4v) is 4.82. The summed E-state index contributed by atoms with van der Waals surface area (Å²) in [5, 5.41) is 0.971. The van der Waals surface area contributed by atoms with Gasteiger partial charge in [-0.1, -0.05) is 17.4 Å². The molecule has 0 aliphatic carbocycles. The monoisotopic (exact) mass is 455 g/mol. The second kappa shape index (κ2) is 10.1. The molecule has 4 rings (SSSR count). The van der Waals surface area contributed by atoms with E-state index in [-0.39, 0.29) is 5.91 Å². The van der Waals surface area contributed by atoms with Crippen LogP contribution in [0.4, 0.5) is 5.13 Å². The number of nitrogens with zero attached hydrogens (tertiary/aromatic N) is 3. The first-order valence-corrected chi connectivity index (χ1v) is 11.9. The van der Waals surface area contributed by atoms with Gasteiger partial charge in [0, 0.05) is 31.7 Å². The van der Waals surface area contributed by atoms with E-state index in [9.17, 15) is 4.79 Å². The molecular weight excluding hydrogens is 426 g/mol. The zero-order chi connectivity index (χ0) is 22.5. The highest BCUT2D eigenvalue weighted by Crippen LogP contribution is 2.35. The van der Waals surface area contributed by atoms with E-state index in [1.807, 2.05) is 49.9 Å². The summed E-state index contributed by atoms with van der Waals surface area (Å²) in [6, 6.07) is 11.4. The largest absolute Gasteiger partial charge is 0.492 e. The molecule has 1 saturated heterocycles. The van der Waals surface area contributed by atoms with Gasteiger partial charge in [-0.05, 0) is 51.1 Å². The van der Waals surface area contributed by atoms with Crippen LogP contribution >= 0.6 is 11.3 Å². The summed E-state index contributed by atoms with van der Waals surface area (Å²) in [5.41, 5.74) is 1.53. The van der Waals surface area contributed by atoms with E-state index in [0.717, 1.165) is 34.2 Å². The van der Waals surface area contributed by atoms with Crippen molar-refractivity contribution >= 4 is 32.6 Å². The Morgan fingerprint density at radius 3 is 2.31 bits per heavy atom. The maximum absolute atomic E-state index is 13.1. The minimum atomic E-state index is 0.0107. The van der Waals surface area contributed by atoms with Crippen molar-refractivity contribution in [1.82, 2.24) is 9.88 Å². The molecule has 8 heteroatoms. The van der Waals surface area contributed by atoms with Crippen molar-refractivity contribution in [3.8, 4) is 17.2 Å². The average molecular weight is 456 g/mol. The number of fused-ring (bicyclic) bond motifs is 1. The molecule has 2 heterocycles. The highest BCUT2D eigenvalue weighted by atomic mass is 32.1. The second-order valence-electron chi connectivity index (χ2n) is 7.34. The molecule has 170 valence electrons. The van der Waals surface area contributed by atoms with Gasteiger partial charge in [0.1, 0.15) is 11.3 Å². The van der Waals surface area contributed by atoms with Crippen molar-refractivity contribution in [1.29, 1.82) is 0 Å². The number of hydrogen-bond acceptors (Lipinski definition) is 7. The van der Waals surface area contributed by atoms with Crippen molar-refractivity contribution < 1.29 is 19.0 Å². The van der Waals surface area contributed by atoms with Gasteiger partial charge in [-0.15, -0.1) is 0 Å². The molecule has 1 amide bonds. The number of piperazine rings is 1. The van der Waals surface area contributed by atoms with Gasteiger partial charge in [-0.3, -0.25) is 4.79 Å². The molecule has 0 bridgehead atoms. The van der Waals surface area contributed by atoms with Crippen LogP contribution in [0.2, 0.25) is 0 Å². The maximum Gasteiger partial charge on any atom is 0.254 e. The molecule has 0 spiro atoms. The first kappa shape index (κ1) is 22.2. The van der Waals surface area contributed by atoms with Gasteiger partial charge in [0.2, 0.25) is 0 Å². The Morgan fingerprint density at radius 1 is 0.906 bits per heavy atom. The number of hydrogen-bond donors (Lipinski definition) is 0. The molecule has 0 N–H and O–H groups in total. The first-order valence-electron chi connectivity index (χ1n) is 11.1. The number of benzene rings is 2. The van der Waals surface area contributed by atoms with E-state index < -0.39 is 0 Å². The molecule has 1 fully saturated rings. The lowest BCUT2D eigenvalue weighted by atomic mass is 10.1. The third-order valence-corrected chi connectivity index (χ3v) is 6.38. The molecule has 32 heavy (non-hydrogen) atoms. The van der Waals surface area contributed by atoms with Crippen LogP contribution in [0.3, 0.4) is 0 Å². The standard InChI is InChI=1S/C24H29N3O4S/c1-4-29-18-11-10-17(16-20(18)31-6-3)23(28)26-12-14-27(15-13-26)24-25-22-19(30-5-2)8-7-9-21(22)32-24/h7-11,16H,4-6,12-15H2,1-3H3. The Kier molecular flexibility index (Phi) is 6.99. The molecule has 0 saturated carbocycles. The zero-order valence-electron chi connectivity index (χ0n) is 18.8. The highest BCUT2D eigenvalue weighted by molar-refractivity contribution is 7.22. The summed E-state index contributed by atoms with van der Waals surface area (Å²) in [6.07, 6.45) is 0. The van der Waals surface area contributed by atoms with Gasteiger partial charge in [-0.25, -0.2) is 4.98 Å². The molecule has 3 aromatic rings. The average Bonchev–Trinajstić information content (AvgIpc) is 3.26. The Morgan fingerprint density at radius 2 is 1.59 bits per heavy atom. The number of carbonyl (C=O) groups is 1. The first-order chi connectivity index (χ1) is 15.6. The Hall–Kier alpha value is -3.00. The summed E-state index contributed by atoms with van der Waals surface area (Å²) in [6.45, 7) is 10.3. The Balaban J connectivity index is 1.44. The summed E-state index contributed by atoms with van der Waals surface area (Å²) in [7, 11) is 0. The normalized spacial score (nSPS) is 14.0. The predicted molar refractivity (Wildman–Crippen MR) is 128 cm³/mol. The number of aromatic nitrogens is 1. The van der Waals surface area contributed by atoms with Crippen molar-refractivity contribution in [2.24, 2.45) is 0 Å². The quantitative estimate of drug-likeness (QED) is 0.500. The fourth-order valence-electron chi connectivity index (χ4n) is 3.79. The smallest absolute Gasteiger partial charge is 0.254 e. The van der Waals surface area contributed by atoms with Crippen LogP contribution in [0.25, 0.3) is 10.2 Å². The molecule has 0 unspecified atom stereocenters. The van der Waals surface area contributed by atoms with Crippen LogP contribution < -0.4 is 19.1 Å². The molecule has 1 aromatic heterocycles. The van der Waals surface area contributed by atoms with E-state index in [0.29, 0.717) is 50.0 Å². The topological polar surface area (TPSA) is 64.1 Å². The van der Waals surface area contributed by atoms with E-state index in [4.69, 9.17) is 19.2 Å². The van der Waals surface area contributed by atoms with Crippen LogP contribution in [-0.2, 0) is 0 Å². The third kappa shape index (κ3) is 4.60. The summed E-state index contributed by atoms with van der Waals surface area (Å²) < 4.78 is 18.1. The van der Waals surface area contributed by atoms with Crippen LogP contribution in [0.1, 0.15) is 31.1 Å². The molecule has 1 aliphatic rings. The molecule has 0 radical (unpaired) electrons. The van der Waals surface area contributed by atoms with Gasteiger partial charge in [0.15, 0.2) is 16.6 Å².